The number of hydrogen-bond acceptors (Lipinski definition) is 5. The first-order valence-corrected chi connectivity index (χ1v) is 11.1. The second kappa shape index (κ2) is 8.90. The monoisotopic (exact) mass is 474 g/mol. The molecule has 1 aliphatic heterocycles. The average molecular weight is 474 g/mol. The Morgan fingerprint density at radius 2 is 1.84 bits per heavy atom. The average Bonchev–Trinajstić information content (AvgIpc) is 3.36. The molecule has 0 atom stereocenters. The van der Waals surface area contributed by atoms with Gasteiger partial charge in [0.05, 0.1) is 11.5 Å². The third-order valence-corrected chi connectivity index (χ3v) is 6.97. The number of alkyl halides is 3. The maximum atomic E-state index is 13.2. The number of aromatic nitrogens is 1. The highest BCUT2D eigenvalue weighted by Crippen LogP contribution is 2.27. The lowest BCUT2D eigenvalue weighted by molar-refractivity contribution is -0.385. The van der Waals surface area contributed by atoms with Gasteiger partial charge in [-0.15, -0.1) is 0 Å². The molecule has 0 unspecified atom stereocenters. The van der Waals surface area contributed by atoms with Gasteiger partial charge in [-0.3, -0.25) is 14.9 Å². The summed E-state index contributed by atoms with van der Waals surface area (Å²) in [6, 6.07) is 6.22. The SMILES string of the molecule is Cn1cc(S(=O)(=O)N2CCCC2)cc1C(=O)N(Cc1ccccc1[N+](=O)[O-])CC(F)(F)F. The molecule has 1 aliphatic rings. The summed E-state index contributed by atoms with van der Waals surface area (Å²) in [7, 11) is -2.53. The van der Waals surface area contributed by atoms with E-state index in [0.29, 0.717) is 30.8 Å². The summed E-state index contributed by atoms with van der Waals surface area (Å²) in [6.45, 7) is -1.66. The summed E-state index contributed by atoms with van der Waals surface area (Å²) < 4.78 is 67.6. The molecule has 1 amide bonds. The fourth-order valence-corrected chi connectivity index (χ4v) is 5.16. The van der Waals surface area contributed by atoms with Crippen LogP contribution in [0.5, 0.6) is 0 Å². The smallest absolute Gasteiger partial charge is 0.345 e. The molecule has 0 bridgehead atoms. The minimum Gasteiger partial charge on any atom is -0.345 e. The number of carbonyl (C=O) groups is 1. The van der Waals surface area contributed by atoms with Crippen LogP contribution in [0.3, 0.4) is 0 Å². The molecule has 0 aliphatic carbocycles. The van der Waals surface area contributed by atoms with Gasteiger partial charge in [0, 0.05) is 38.0 Å². The van der Waals surface area contributed by atoms with E-state index in [1.54, 1.807) is 0 Å². The van der Waals surface area contributed by atoms with Gasteiger partial charge in [0.1, 0.15) is 17.1 Å². The quantitative estimate of drug-likeness (QED) is 0.453. The van der Waals surface area contributed by atoms with Crippen LogP contribution < -0.4 is 0 Å². The highest BCUT2D eigenvalue weighted by Gasteiger charge is 2.36. The van der Waals surface area contributed by atoms with Gasteiger partial charge >= 0.3 is 6.18 Å². The number of aryl methyl sites for hydroxylation is 1. The summed E-state index contributed by atoms with van der Waals surface area (Å²) in [5, 5.41) is 11.2. The first-order valence-electron chi connectivity index (χ1n) is 9.65. The van der Waals surface area contributed by atoms with Gasteiger partial charge in [0.2, 0.25) is 10.0 Å². The molecule has 32 heavy (non-hydrogen) atoms. The largest absolute Gasteiger partial charge is 0.406 e. The maximum absolute atomic E-state index is 13.2. The molecular weight excluding hydrogens is 453 g/mol. The van der Waals surface area contributed by atoms with Crippen LogP contribution in [0.1, 0.15) is 28.9 Å². The van der Waals surface area contributed by atoms with Gasteiger partial charge in [0.25, 0.3) is 11.6 Å². The Hall–Kier alpha value is -2.93. The Morgan fingerprint density at radius 3 is 2.44 bits per heavy atom. The molecule has 9 nitrogen and oxygen atoms in total. The number of carbonyl (C=O) groups excluding carboxylic acids is 1. The first-order chi connectivity index (χ1) is 14.9. The van der Waals surface area contributed by atoms with Crippen molar-refractivity contribution in [2.45, 2.75) is 30.5 Å². The first kappa shape index (κ1) is 23.7. The van der Waals surface area contributed by atoms with Crippen molar-refractivity contribution in [2.24, 2.45) is 7.05 Å². The molecule has 174 valence electrons. The number of nitrogens with zero attached hydrogens (tertiary/aromatic N) is 4. The topological polar surface area (TPSA) is 106 Å². The zero-order valence-corrected chi connectivity index (χ0v) is 17.9. The van der Waals surface area contributed by atoms with Crippen LogP contribution >= 0.6 is 0 Å². The number of nitro groups is 1. The van der Waals surface area contributed by atoms with Crippen LogP contribution in [0.4, 0.5) is 18.9 Å². The van der Waals surface area contributed by atoms with Gasteiger partial charge in [-0.1, -0.05) is 18.2 Å². The molecule has 3 rings (SSSR count). The molecule has 13 heteroatoms. The third-order valence-electron chi connectivity index (χ3n) is 5.11. The number of rotatable bonds is 7. The Kier molecular flexibility index (Phi) is 6.60. The number of benzene rings is 1. The second-order valence-electron chi connectivity index (χ2n) is 7.45. The highest BCUT2D eigenvalue weighted by atomic mass is 32.2. The minimum absolute atomic E-state index is 0.0748. The molecule has 0 saturated carbocycles. The van der Waals surface area contributed by atoms with E-state index >= 15 is 0 Å². The fraction of sp³-hybridized carbons (Fsp3) is 0.421. The van der Waals surface area contributed by atoms with E-state index < -0.39 is 45.8 Å². The molecule has 1 aromatic carbocycles. The van der Waals surface area contributed by atoms with Crippen molar-refractivity contribution in [3.63, 3.8) is 0 Å². The Balaban J connectivity index is 1.95. The molecular formula is C19H21F3N4O5S. The van der Waals surface area contributed by atoms with Crippen LogP contribution in [0.2, 0.25) is 0 Å². The molecule has 1 saturated heterocycles. The van der Waals surface area contributed by atoms with E-state index in [0.717, 1.165) is 16.7 Å². The zero-order chi connectivity index (χ0) is 23.7. The number of sulfonamides is 1. The zero-order valence-electron chi connectivity index (χ0n) is 17.1. The minimum atomic E-state index is -4.77. The van der Waals surface area contributed by atoms with E-state index in [2.05, 4.69) is 0 Å². The van der Waals surface area contributed by atoms with Gasteiger partial charge in [0.15, 0.2) is 0 Å². The van der Waals surface area contributed by atoms with Gasteiger partial charge in [-0.05, 0) is 18.9 Å². The lowest BCUT2D eigenvalue weighted by Crippen LogP contribution is -2.39. The van der Waals surface area contributed by atoms with E-state index in [4.69, 9.17) is 0 Å². The third kappa shape index (κ3) is 5.10. The van der Waals surface area contributed by atoms with Gasteiger partial charge < -0.3 is 9.47 Å². The number of nitro benzene ring substituents is 1. The summed E-state index contributed by atoms with van der Waals surface area (Å²) >= 11 is 0. The fourth-order valence-electron chi connectivity index (χ4n) is 3.57. The maximum Gasteiger partial charge on any atom is 0.406 e. The standard InChI is InChI=1S/C19H21F3N4O5S/c1-23-12-15(32(30,31)25-8-4-5-9-25)10-17(23)18(27)24(13-19(20,21)22)11-14-6-2-3-7-16(14)26(28)29/h2-3,6-7,10,12H,4-5,8-9,11,13H2,1H3. The van der Waals surface area contributed by atoms with Gasteiger partial charge in [-0.2, -0.15) is 17.5 Å². The van der Waals surface area contributed by atoms with Crippen LogP contribution in [0.15, 0.2) is 41.4 Å². The Labute approximate surface area is 182 Å². The van der Waals surface area contributed by atoms with Crippen molar-refractivity contribution < 1.29 is 31.3 Å². The van der Waals surface area contributed by atoms with Gasteiger partial charge in [-0.25, -0.2) is 8.42 Å². The van der Waals surface area contributed by atoms with Crippen molar-refractivity contribution in [3.05, 3.63) is 57.9 Å². The predicted octanol–water partition coefficient (Wildman–Crippen LogP) is 2.92. The molecule has 2 aromatic rings. The summed E-state index contributed by atoms with van der Waals surface area (Å²) in [5.41, 5.74) is -0.767. The molecule has 0 N–H and O–H groups in total. The van der Waals surface area contributed by atoms with E-state index in [-0.39, 0.29) is 16.2 Å². The number of amides is 1. The van der Waals surface area contributed by atoms with Crippen LogP contribution in [0.25, 0.3) is 0 Å². The normalized spacial score (nSPS) is 15.1. The van der Waals surface area contributed by atoms with Crippen molar-refractivity contribution in [1.29, 1.82) is 0 Å². The summed E-state index contributed by atoms with van der Waals surface area (Å²) in [5.74, 6) is -1.09. The number of halogens is 3. The highest BCUT2D eigenvalue weighted by molar-refractivity contribution is 7.89. The van der Waals surface area contributed by atoms with Crippen molar-refractivity contribution >= 4 is 21.6 Å². The second-order valence-corrected chi connectivity index (χ2v) is 9.38. The van der Waals surface area contributed by atoms with Crippen LogP contribution in [-0.2, 0) is 23.6 Å². The molecule has 1 aromatic heterocycles. The summed E-state index contributed by atoms with van der Waals surface area (Å²) in [6.07, 6.45) is -2.19. The summed E-state index contributed by atoms with van der Waals surface area (Å²) in [4.78, 5) is 23.7. The van der Waals surface area contributed by atoms with Crippen LogP contribution in [0, 0.1) is 10.1 Å². The predicted molar refractivity (Wildman–Crippen MR) is 107 cm³/mol. The molecule has 0 spiro atoms. The Bertz CT molecular complexity index is 1120. The molecule has 2 heterocycles. The van der Waals surface area contributed by atoms with Crippen molar-refractivity contribution in [2.75, 3.05) is 19.6 Å². The van der Waals surface area contributed by atoms with Crippen molar-refractivity contribution in [3.8, 4) is 0 Å². The van der Waals surface area contributed by atoms with Crippen LogP contribution in [-0.4, -0.2) is 58.8 Å². The molecule has 1 fully saturated rings. The number of para-hydroxylation sites is 1. The van der Waals surface area contributed by atoms with Crippen molar-refractivity contribution in [1.82, 2.24) is 13.8 Å². The lowest BCUT2D eigenvalue weighted by atomic mass is 10.1. The Morgan fingerprint density at radius 1 is 1.22 bits per heavy atom. The lowest BCUT2D eigenvalue weighted by Gasteiger charge is -2.24. The van der Waals surface area contributed by atoms with E-state index in [1.807, 2.05) is 0 Å². The van der Waals surface area contributed by atoms with E-state index in [9.17, 15) is 36.5 Å². The van der Waals surface area contributed by atoms with E-state index in [1.165, 1.54) is 35.7 Å². The number of hydrogen-bond donors (Lipinski definition) is 0. The molecule has 0 radical (unpaired) electrons.